The molecule has 0 spiro atoms. The smallest absolute Gasteiger partial charge is 0.251 e. The number of carbonyl (C=O) groups is 1. The number of benzene rings is 2. The maximum absolute atomic E-state index is 12.5. The number of carbonyl (C=O) groups excluding carboxylic acids is 1. The first kappa shape index (κ1) is 20.4. The molecule has 0 bridgehead atoms. The summed E-state index contributed by atoms with van der Waals surface area (Å²) in [5.74, 6) is 1.55. The number of aryl methyl sites for hydroxylation is 1. The second-order valence-corrected chi connectivity index (χ2v) is 8.18. The topological polar surface area (TPSA) is 41.6 Å². The summed E-state index contributed by atoms with van der Waals surface area (Å²) in [5, 5.41) is 3.01. The highest BCUT2D eigenvalue weighted by Crippen LogP contribution is 2.18. The lowest BCUT2D eigenvalue weighted by Crippen LogP contribution is -2.36. The maximum atomic E-state index is 12.5. The van der Waals surface area contributed by atoms with Gasteiger partial charge in [0, 0.05) is 18.7 Å². The average molecular weight is 381 g/mol. The highest BCUT2D eigenvalue weighted by atomic mass is 16.5. The Morgan fingerprint density at radius 3 is 2.57 bits per heavy atom. The van der Waals surface area contributed by atoms with E-state index in [0.717, 1.165) is 18.2 Å². The molecule has 0 saturated carbocycles. The normalized spacial score (nSPS) is 18.5. The van der Waals surface area contributed by atoms with Crippen molar-refractivity contribution in [1.29, 1.82) is 0 Å². The van der Waals surface area contributed by atoms with Gasteiger partial charge >= 0.3 is 0 Å². The minimum absolute atomic E-state index is 0.0573. The zero-order chi connectivity index (χ0) is 19.9. The van der Waals surface area contributed by atoms with Crippen molar-refractivity contribution in [2.45, 2.75) is 46.2 Å². The molecule has 4 nitrogen and oxygen atoms in total. The molecule has 2 aromatic carbocycles. The van der Waals surface area contributed by atoms with Crippen molar-refractivity contribution in [3.8, 4) is 5.75 Å². The summed E-state index contributed by atoms with van der Waals surface area (Å²) in [6.45, 7) is 10.1. The number of rotatable bonds is 7. The molecule has 1 fully saturated rings. The van der Waals surface area contributed by atoms with Crippen LogP contribution in [0.2, 0.25) is 0 Å². The van der Waals surface area contributed by atoms with Gasteiger partial charge in [0.1, 0.15) is 12.4 Å². The first-order chi connectivity index (χ1) is 13.5. The van der Waals surface area contributed by atoms with Crippen LogP contribution in [0, 0.1) is 12.8 Å². The number of hydrogen-bond donors (Lipinski definition) is 1. The fourth-order valence-corrected chi connectivity index (χ4v) is 3.65. The molecule has 2 atom stereocenters. The van der Waals surface area contributed by atoms with Gasteiger partial charge in [-0.05, 0) is 69.0 Å². The molecule has 1 N–H and O–H groups in total. The summed E-state index contributed by atoms with van der Waals surface area (Å²) in [4.78, 5) is 15.0. The van der Waals surface area contributed by atoms with Crippen LogP contribution in [-0.4, -0.2) is 36.5 Å². The number of nitrogens with zero attached hydrogens (tertiary/aromatic N) is 1. The number of hydrogen-bond acceptors (Lipinski definition) is 3. The third-order valence-electron chi connectivity index (χ3n) is 5.26. The zero-order valence-corrected chi connectivity index (χ0v) is 17.3. The highest BCUT2D eigenvalue weighted by molar-refractivity contribution is 5.94. The highest BCUT2D eigenvalue weighted by Gasteiger charge is 2.16. The first-order valence-corrected chi connectivity index (χ1v) is 10.3. The predicted molar refractivity (Wildman–Crippen MR) is 114 cm³/mol. The molecule has 0 unspecified atom stereocenters. The second-order valence-electron chi connectivity index (χ2n) is 8.18. The Hall–Kier alpha value is -2.33. The maximum Gasteiger partial charge on any atom is 0.251 e. The van der Waals surface area contributed by atoms with Crippen molar-refractivity contribution in [2.24, 2.45) is 5.92 Å². The van der Waals surface area contributed by atoms with Crippen LogP contribution in [0.1, 0.15) is 48.2 Å². The summed E-state index contributed by atoms with van der Waals surface area (Å²) >= 11 is 0. The molecule has 3 rings (SSSR count). The molecule has 1 saturated heterocycles. The fraction of sp³-hybridized carbons (Fsp3) is 0.458. The lowest BCUT2D eigenvalue weighted by molar-refractivity contribution is 0.0926. The first-order valence-electron chi connectivity index (χ1n) is 10.3. The number of ether oxygens (including phenoxy) is 1. The molecule has 1 heterocycles. The Morgan fingerprint density at radius 2 is 1.89 bits per heavy atom. The molecule has 0 radical (unpaired) electrons. The van der Waals surface area contributed by atoms with E-state index in [1.807, 2.05) is 50.2 Å². The van der Waals surface area contributed by atoms with Crippen LogP contribution in [0.3, 0.4) is 0 Å². The number of piperidine rings is 1. The van der Waals surface area contributed by atoms with Gasteiger partial charge in [0.25, 0.3) is 5.91 Å². The van der Waals surface area contributed by atoms with E-state index in [0.29, 0.717) is 12.2 Å². The number of likely N-dealkylation sites (tertiary alicyclic amines) is 1. The fourth-order valence-electron chi connectivity index (χ4n) is 3.65. The van der Waals surface area contributed by atoms with E-state index in [1.54, 1.807) is 0 Å². The van der Waals surface area contributed by atoms with E-state index >= 15 is 0 Å². The van der Waals surface area contributed by atoms with Crippen LogP contribution < -0.4 is 10.1 Å². The third-order valence-corrected chi connectivity index (χ3v) is 5.26. The van der Waals surface area contributed by atoms with Crippen LogP contribution in [0.25, 0.3) is 0 Å². The monoisotopic (exact) mass is 380 g/mol. The van der Waals surface area contributed by atoms with Gasteiger partial charge in [-0.25, -0.2) is 0 Å². The standard InChI is InChI=1S/C24H32N2O2/c1-18-6-12-23(13-7-18)28-17-20(3)25-24(27)22-10-8-21(9-11-22)16-26-14-4-5-19(2)15-26/h6-13,19-20H,4-5,14-17H2,1-3H3,(H,25,27)/t19-,20+/m1/s1. The quantitative estimate of drug-likeness (QED) is 0.773. The van der Waals surface area contributed by atoms with Crippen LogP contribution >= 0.6 is 0 Å². The van der Waals surface area contributed by atoms with E-state index in [2.05, 4.69) is 29.3 Å². The van der Waals surface area contributed by atoms with Gasteiger partial charge in [0.05, 0.1) is 6.04 Å². The molecular formula is C24H32N2O2. The van der Waals surface area contributed by atoms with Gasteiger partial charge in [-0.3, -0.25) is 9.69 Å². The summed E-state index contributed by atoms with van der Waals surface area (Å²) < 4.78 is 5.75. The largest absolute Gasteiger partial charge is 0.491 e. The Kier molecular flexibility index (Phi) is 7.10. The van der Waals surface area contributed by atoms with E-state index < -0.39 is 0 Å². The minimum atomic E-state index is -0.0664. The molecule has 0 aliphatic carbocycles. The van der Waals surface area contributed by atoms with Gasteiger partial charge in [0.15, 0.2) is 0 Å². The molecule has 1 aliphatic heterocycles. The molecular weight excluding hydrogens is 348 g/mol. The molecule has 28 heavy (non-hydrogen) atoms. The molecule has 1 aliphatic rings. The van der Waals surface area contributed by atoms with Crippen LogP contribution in [0.4, 0.5) is 0 Å². The number of amides is 1. The lowest BCUT2D eigenvalue weighted by atomic mass is 9.99. The Bertz CT molecular complexity index is 755. The summed E-state index contributed by atoms with van der Waals surface area (Å²) in [6.07, 6.45) is 2.62. The van der Waals surface area contributed by atoms with Gasteiger partial charge in [0.2, 0.25) is 0 Å². The van der Waals surface area contributed by atoms with E-state index in [4.69, 9.17) is 4.74 Å². The van der Waals surface area contributed by atoms with Crippen LogP contribution in [0.5, 0.6) is 5.75 Å². The summed E-state index contributed by atoms with van der Waals surface area (Å²) in [5.41, 5.74) is 3.16. The number of nitrogens with one attached hydrogen (secondary N) is 1. The minimum Gasteiger partial charge on any atom is -0.491 e. The molecule has 150 valence electrons. The second kappa shape index (κ2) is 9.74. The van der Waals surface area contributed by atoms with Crippen LogP contribution in [-0.2, 0) is 6.54 Å². The molecule has 4 heteroatoms. The average Bonchev–Trinajstić information content (AvgIpc) is 2.68. The predicted octanol–water partition coefficient (Wildman–Crippen LogP) is 4.42. The van der Waals surface area contributed by atoms with Crippen molar-refractivity contribution >= 4 is 5.91 Å². The SMILES string of the molecule is Cc1ccc(OC[C@H](C)NC(=O)c2ccc(CN3CCC[C@@H](C)C3)cc2)cc1. The molecule has 1 amide bonds. The van der Waals surface area contributed by atoms with Crippen molar-refractivity contribution in [2.75, 3.05) is 19.7 Å². The van der Waals surface area contributed by atoms with Gasteiger partial charge < -0.3 is 10.1 Å². The van der Waals surface area contributed by atoms with Crippen molar-refractivity contribution in [1.82, 2.24) is 10.2 Å². The van der Waals surface area contributed by atoms with Gasteiger partial charge in [-0.1, -0.05) is 36.8 Å². The van der Waals surface area contributed by atoms with E-state index in [1.165, 1.54) is 37.1 Å². The Balaban J connectivity index is 1.46. The van der Waals surface area contributed by atoms with Crippen molar-refractivity contribution in [3.05, 3.63) is 65.2 Å². The van der Waals surface area contributed by atoms with E-state index in [-0.39, 0.29) is 11.9 Å². The van der Waals surface area contributed by atoms with Crippen molar-refractivity contribution in [3.63, 3.8) is 0 Å². The summed E-state index contributed by atoms with van der Waals surface area (Å²) in [7, 11) is 0. The van der Waals surface area contributed by atoms with Gasteiger partial charge in [-0.15, -0.1) is 0 Å². The lowest BCUT2D eigenvalue weighted by Gasteiger charge is -2.30. The van der Waals surface area contributed by atoms with Crippen molar-refractivity contribution < 1.29 is 9.53 Å². The molecule has 0 aromatic heterocycles. The third kappa shape index (κ3) is 6.10. The van der Waals surface area contributed by atoms with E-state index in [9.17, 15) is 4.79 Å². The summed E-state index contributed by atoms with van der Waals surface area (Å²) in [6, 6.07) is 15.9. The van der Waals surface area contributed by atoms with Crippen LogP contribution in [0.15, 0.2) is 48.5 Å². The Morgan fingerprint density at radius 1 is 1.18 bits per heavy atom. The van der Waals surface area contributed by atoms with Gasteiger partial charge in [-0.2, -0.15) is 0 Å². The zero-order valence-electron chi connectivity index (χ0n) is 17.3. The Labute approximate surface area is 168 Å². The molecule has 2 aromatic rings.